The molecule has 5 rings (SSSR count). The zero-order valence-corrected chi connectivity index (χ0v) is 18.3. The van der Waals surface area contributed by atoms with E-state index in [0.717, 1.165) is 12.1 Å². The van der Waals surface area contributed by atoms with E-state index in [9.17, 15) is 31.1 Å². The number of aromatic amines is 2. The quantitative estimate of drug-likeness (QED) is 0.243. The smallest absolute Gasteiger partial charge is 0.355 e. The third kappa shape index (κ3) is 4.04. The first kappa shape index (κ1) is 23.4. The lowest BCUT2D eigenvalue weighted by molar-refractivity contribution is -0.137. The first-order chi connectivity index (χ1) is 17.0. The van der Waals surface area contributed by atoms with Gasteiger partial charge in [-0.15, -0.1) is 0 Å². The topological polar surface area (TPSA) is 86.5 Å². The van der Waals surface area contributed by atoms with Gasteiger partial charge in [-0.25, -0.2) is 9.97 Å². The van der Waals surface area contributed by atoms with E-state index in [1.165, 1.54) is 49.5 Å². The van der Waals surface area contributed by atoms with Crippen LogP contribution in [-0.2, 0) is 12.4 Å². The second kappa shape index (κ2) is 8.11. The minimum Gasteiger partial charge on any atom is -0.355 e. The minimum atomic E-state index is -4.80. The van der Waals surface area contributed by atoms with Gasteiger partial charge in [0.15, 0.2) is 0 Å². The number of carbonyl (C=O) groups is 1. The summed E-state index contributed by atoms with van der Waals surface area (Å²) in [6.07, 6.45) is -4.81. The van der Waals surface area contributed by atoms with Crippen LogP contribution in [0.4, 0.5) is 26.3 Å². The lowest BCUT2D eigenvalue weighted by Crippen LogP contribution is -2.19. The molecule has 36 heavy (non-hydrogen) atoms. The van der Waals surface area contributed by atoms with Crippen molar-refractivity contribution in [3.8, 4) is 0 Å². The van der Waals surface area contributed by atoms with Crippen molar-refractivity contribution in [1.82, 2.24) is 25.3 Å². The number of hydrogen-bond donors (Lipinski definition) is 3. The number of rotatable bonds is 1. The first-order valence-electron chi connectivity index (χ1n) is 10.5. The Kier molecular flexibility index (Phi) is 5.27. The van der Waals surface area contributed by atoms with Gasteiger partial charge in [0.2, 0.25) is 0 Å². The normalized spacial score (nSPS) is 13.3. The number of halogens is 6. The average Bonchev–Trinajstić information content (AvgIpc) is 3.57. The summed E-state index contributed by atoms with van der Waals surface area (Å²) < 4.78 is 84.5. The fourth-order valence-electron chi connectivity index (χ4n) is 4.10. The van der Waals surface area contributed by atoms with Gasteiger partial charge in [0.1, 0.15) is 11.1 Å². The van der Waals surface area contributed by atoms with Crippen LogP contribution in [0.15, 0.2) is 30.3 Å². The van der Waals surface area contributed by atoms with E-state index >= 15 is 0 Å². The molecule has 8 bridgehead atoms. The van der Waals surface area contributed by atoms with Crippen LogP contribution in [0.1, 0.15) is 44.3 Å². The van der Waals surface area contributed by atoms with Crippen molar-refractivity contribution >= 4 is 52.3 Å². The Labute approximate surface area is 198 Å². The van der Waals surface area contributed by atoms with Crippen LogP contribution in [-0.4, -0.2) is 32.9 Å². The first-order valence-corrected chi connectivity index (χ1v) is 10.5. The fourth-order valence-corrected chi connectivity index (χ4v) is 4.10. The SMILES string of the molecule is CNC(=O)c1c2nc(c(C(F)(F)F)c3ccc(cc4nc(c(C(F)(F)F)c5ccc1[nH]5)C=C4)[nH]3)C=C2. The summed E-state index contributed by atoms with van der Waals surface area (Å²) in [5.74, 6) is -0.748. The van der Waals surface area contributed by atoms with Crippen LogP contribution in [0.2, 0.25) is 0 Å². The van der Waals surface area contributed by atoms with Gasteiger partial charge in [-0.3, -0.25) is 4.79 Å². The molecule has 0 spiro atoms. The molecule has 0 saturated heterocycles. The van der Waals surface area contributed by atoms with Crippen LogP contribution in [0, 0.1) is 0 Å². The van der Waals surface area contributed by atoms with Crippen LogP contribution in [0.5, 0.6) is 0 Å². The highest BCUT2D eigenvalue weighted by Gasteiger charge is 2.37. The molecule has 0 saturated carbocycles. The monoisotopic (exact) mass is 503 g/mol. The highest BCUT2D eigenvalue weighted by Crippen LogP contribution is 2.38. The molecule has 0 radical (unpaired) electrons. The van der Waals surface area contributed by atoms with Crippen molar-refractivity contribution < 1.29 is 31.1 Å². The maximum atomic E-state index is 14.1. The number of H-pyrrole nitrogens is 2. The second-order valence-electron chi connectivity index (χ2n) is 7.93. The molecule has 3 N–H and O–H groups in total. The molecule has 6 nitrogen and oxygen atoms in total. The van der Waals surface area contributed by atoms with Crippen molar-refractivity contribution in [1.29, 1.82) is 0 Å². The molecule has 0 aliphatic carbocycles. The van der Waals surface area contributed by atoms with Crippen LogP contribution < -0.4 is 5.32 Å². The van der Waals surface area contributed by atoms with Crippen LogP contribution in [0.3, 0.4) is 0 Å². The van der Waals surface area contributed by atoms with E-state index in [-0.39, 0.29) is 39.0 Å². The van der Waals surface area contributed by atoms with Gasteiger partial charge in [0.05, 0.1) is 44.9 Å². The van der Waals surface area contributed by atoms with Gasteiger partial charge in [0, 0.05) is 12.6 Å². The predicted octanol–water partition coefficient (Wildman–Crippen LogP) is 6.05. The summed E-state index contributed by atoms with van der Waals surface area (Å²) >= 11 is 0. The number of nitrogens with one attached hydrogen (secondary N) is 3. The Hall–Kier alpha value is -4.35. The zero-order valence-electron chi connectivity index (χ0n) is 18.3. The molecule has 0 atom stereocenters. The molecule has 3 aromatic rings. The number of nitrogens with zero attached hydrogens (tertiary/aromatic N) is 2. The van der Waals surface area contributed by atoms with Crippen molar-refractivity contribution in [3.63, 3.8) is 0 Å². The number of fused-ring (bicyclic) bond motifs is 8. The summed E-state index contributed by atoms with van der Waals surface area (Å²) in [6, 6.07) is 6.25. The van der Waals surface area contributed by atoms with Crippen molar-refractivity contribution in [2.45, 2.75) is 12.4 Å². The largest absolute Gasteiger partial charge is 0.420 e. The summed E-state index contributed by atoms with van der Waals surface area (Å²) in [5.41, 5.74) is -3.76. The van der Waals surface area contributed by atoms with E-state index in [2.05, 4.69) is 25.3 Å². The Balaban J connectivity index is 2.01. The summed E-state index contributed by atoms with van der Waals surface area (Å²) in [5, 5.41) is 2.35. The maximum absolute atomic E-state index is 14.1. The third-order valence-corrected chi connectivity index (χ3v) is 5.60. The molecule has 184 valence electrons. The fraction of sp³-hybridized carbons (Fsp3) is 0.125. The third-order valence-electron chi connectivity index (χ3n) is 5.60. The maximum Gasteiger partial charge on any atom is 0.420 e. The van der Waals surface area contributed by atoms with Crippen LogP contribution >= 0.6 is 0 Å². The van der Waals surface area contributed by atoms with Crippen LogP contribution in [0.25, 0.3) is 46.4 Å². The molecular formula is C24H15F6N5O. The second-order valence-corrected chi connectivity index (χ2v) is 7.93. The van der Waals surface area contributed by atoms with Gasteiger partial charge in [-0.1, -0.05) is 0 Å². The Morgan fingerprint density at radius 2 is 1.31 bits per heavy atom. The zero-order chi connectivity index (χ0) is 25.8. The van der Waals surface area contributed by atoms with E-state index in [0.29, 0.717) is 0 Å². The lowest BCUT2D eigenvalue weighted by Gasteiger charge is -2.08. The molecule has 2 aliphatic heterocycles. The number of hydrogen-bond acceptors (Lipinski definition) is 3. The molecule has 1 amide bonds. The van der Waals surface area contributed by atoms with Crippen molar-refractivity contribution in [3.05, 3.63) is 69.8 Å². The lowest BCUT2D eigenvalue weighted by atomic mass is 10.1. The van der Waals surface area contributed by atoms with Crippen molar-refractivity contribution in [2.24, 2.45) is 0 Å². The van der Waals surface area contributed by atoms with E-state index in [1.807, 2.05) is 0 Å². The number of alkyl halides is 6. The van der Waals surface area contributed by atoms with Gasteiger partial charge in [-0.2, -0.15) is 26.3 Å². The van der Waals surface area contributed by atoms with E-state index < -0.39 is 40.8 Å². The van der Waals surface area contributed by atoms with Gasteiger partial charge >= 0.3 is 12.4 Å². The average molecular weight is 503 g/mol. The molecule has 0 fully saturated rings. The highest BCUT2D eigenvalue weighted by molar-refractivity contribution is 6.04. The molecular weight excluding hydrogens is 488 g/mol. The Morgan fingerprint density at radius 1 is 0.750 bits per heavy atom. The predicted molar refractivity (Wildman–Crippen MR) is 122 cm³/mol. The summed E-state index contributed by atoms with van der Waals surface area (Å²) in [7, 11) is 1.29. The molecule has 2 aliphatic rings. The number of aromatic nitrogens is 4. The number of carbonyl (C=O) groups excluding carboxylic acids is 1. The highest BCUT2D eigenvalue weighted by atomic mass is 19.4. The van der Waals surface area contributed by atoms with Crippen molar-refractivity contribution in [2.75, 3.05) is 7.05 Å². The molecule has 5 heterocycles. The van der Waals surface area contributed by atoms with E-state index in [4.69, 9.17) is 0 Å². The van der Waals surface area contributed by atoms with Gasteiger partial charge < -0.3 is 15.3 Å². The van der Waals surface area contributed by atoms with Gasteiger partial charge in [-0.05, 0) is 54.6 Å². The molecule has 12 heteroatoms. The Bertz CT molecular complexity index is 1610. The minimum absolute atomic E-state index is 0.0584. The molecule has 3 aromatic heterocycles. The summed E-state index contributed by atoms with van der Waals surface area (Å²) in [4.78, 5) is 25.9. The molecule has 0 aromatic carbocycles. The molecule has 0 unspecified atom stereocenters. The summed E-state index contributed by atoms with van der Waals surface area (Å²) in [6.45, 7) is 0. The Morgan fingerprint density at radius 3 is 1.97 bits per heavy atom. The van der Waals surface area contributed by atoms with E-state index in [1.54, 1.807) is 0 Å². The standard InChI is InChI=1S/C24H15F6N5O/c1-31-22(36)19-13-6-8-17(34-13)20(23(25,26)27)15-4-2-11(32-15)10-12-3-5-16(33-12)21(24(28,29)30)18-9-7-14(19)35-18/h2-10,32,35H,1H3,(H,31,36). The number of amides is 1. The van der Waals surface area contributed by atoms with Gasteiger partial charge in [0.25, 0.3) is 5.91 Å².